The van der Waals surface area contributed by atoms with Gasteiger partial charge in [-0.15, -0.1) is 0 Å². The molecule has 0 fully saturated rings. The number of carbonyl (C=O) groups excluding carboxylic acids is 1. The van der Waals surface area contributed by atoms with E-state index >= 15 is 0 Å². The van der Waals surface area contributed by atoms with E-state index in [9.17, 15) is 4.79 Å². The standard InChI is InChI=1S/C19H19NO2/c1-12(2)14-6-4-13(5-7-14)10-17-16-11-15(22-3)8-9-18(16)20-19(17)21/h4-12H,1-3H3,(H,20,21)/b17-10+. The fourth-order valence-electron chi connectivity index (χ4n) is 2.58. The van der Waals surface area contributed by atoms with Crippen LogP contribution < -0.4 is 10.1 Å². The van der Waals surface area contributed by atoms with E-state index < -0.39 is 0 Å². The lowest BCUT2D eigenvalue weighted by Gasteiger charge is -2.06. The first-order chi connectivity index (χ1) is 10.6. The molecule has 0 saturated carbocycles. The first-order valence-electron chi connectivity index (χ1n) is 7.40. The Hall–Kier alpha value is -2.55. The number of fused-ring (bicyclic) bond motifs is 1. The first kappa shape index (κ1) is 14.4. The monoisotopic (exact) mass is 293 g/mol. The van der Waals surface area contributed by atoms with Crippen molar-refractivity contribution in [2.75, 3.05) is 12.4 Å². The van der Waals surface area contributed by atoms with Gasteiger partial charge in [-0.2, -0.15) is 0 Å². The van der Waals surface area contributed by atoms with Gasteiger partial charge in [-0.25, -0.2) is 0 Å². The van der Waals surface area contributed by atoms with Gasteiger partial charge in [0.05, 0.1) is 7.11 Å². The second-order valence-corrected chi connectivity index (χ2v) is 5.75. The number of ether oxygens (including phenoxy) is 1. The average molecular weight is 293 g/mol. The van der Waals surface area contributed by atoms with Gasteiger partial charge in [0.1, 0.15) is 5.75 Å². The maximum atomic E-state index is 12.2. The van der Waals surface area contributed by atoms with E-state index in [1.54, 1.807) is 7.11 Å². The Morgan fingerprint density at radius 3 is 2.45 bits per heavy atom. The highest BCUT2D eigenvalue weighted by molar-refractivity contribution is 6.35. The molecule has 0 saturated heterocycles. The molecular weight excluding hydrogens is 274 g/mol. The van der Waals surface area contributed by atoms with Crippen molar-refractivity contribution < 1.29 is 9.53 Å². The van der Waals surface area contributed by atoms with Crippen molar-refractivity contribution >= 4 is 23.2 Å². The van der Waals surface area contributed by atoms with Crippen LogP contribution in [0.4, 0.5) is 5.69 Å². The van der Waals surface area contributed by atoms with Crippen LogP contribution in [0.1, 0.15) is 36.5 Å². The minimum absolute atomic E-state index is 0.0730. The van der Waals surface area contributed by atoms with E-state index in [4.69, 9.17) is 4.74 Å². The smallest absolute Gasteiger partial charge is 0.256 e. The third-order valence-electron chi connectivity index (χ3n) is 3.92. The van der Waals surface area contributed by atoms with Crippen LogP contribution >= 0.6 is 0 Å². The fourth-order valence-corrected chi connectivity index (χ4v) is 2.58. The summed E-state index contributed by atoms with van der Waals surface area (Å²) in [6, 6.07) is 13.9. The summed E-state index contributed by atoms with van der Waals surface area (Å²) < 4.78 is 5.25. The van der Waals surface area contributed by atoms with Gasteiger partial charge in [0.25, 0.3) is 5.91 Å². The highest BCUT2D eigenvalue weighted by atomic mass is 16.5. The van der Waals surface area contributed by atoms with Crippen LogP contribution in [0.25, 0.3) is 11.6 Å². The van der Waals surface area contributed by atoms with Gasteiger partial charge >= 0.3 is 0 Å². The molecule has 0 unspecified atom stereocenters. The van der Waals surface area contributed by atoms with E-state index in [1.807, 2.05) is 36.4 Å². The number of methoxy groups -OCH3 is 1. The predicted octanol–water partition coefficient (Wildman–Crippen LogP) is 4.31. The summed E-state index contributed by atoms with van der Waals surface area (Å²) in [5, 5.41) is 2.89. The quantitative estimate of drug-likeness (QED) is 0.856. The Morgan fingerprint density at radius 2 is 1.82 bits per heavy atom. The fraction of sp³-hybridized carbons (Fsp3) is 0.211. The molecule has 0 aromatic heterocycles. The van der Waals surface area contributed by atoms with Crippen molar-refractivity contribution in [1.82, 2.24) is 0 Å². The van der Waals surface area contributed by atoms with Gasteiger partial charge in [0, 0.05) is 16.8 Å². The zero-order chi connectivity index (χ0) is 15.7. The number of hydrogen-bond donors (Lipinski definition) is 1. The third-order valence-corrected chi connectivity index (χ3v) is 3.92. The van der Waals surface area contributed by atoms with Crippen LogP contribution in [0.2, 0.25) is 0 Å². The normalized spacial score (nSPS) is 15.1. The molecule has 1 N–H and O–H groups in total. The molecule has 3 nitrogen and oxygen atoms in total. The third kappa shape index (κ3) is 2.62. The maximum absolute atomic E-state index is 12.2. The number of nitrogens with one attached hydrogen (secondary N) is 1. The SMILES string of the molecule is COc1ccc2c(c1)/C(=C\c1ccc(C(C)C)cc1)C(=O)N2. The number of rotatable bonds is 3. The van der Waals surface area contributed by atoms with Gasteiger partial charge in [-0.3, -0.25) is 4.79 Å². The van der Waals surface area contributed by atoms with E-state index in [0.717, 1.165) is 22.6 Å². The van der Waals surface area contributed by atoms with Gasteiger partial charge in [-0.05, 0) is 41.3 Å². The molecule has 2 aromatic carbocycles. The largest absolute Gasteiger partial charge is 0.497 e. The molecule has 0 radical (unpaired) electrons. The Labute approximate surface area is 130 Å². The minimum atomic E-state index is -0.0730. The van der Waals surface area contributed by atoms with Gasteiger partial charge in [-0.1, -0.05) is 38.1 Å². The van der Waals surface area contributed by atoms with Crippen LogP contribution in [0, 0.1) is 0 Å². The molecule has 0 aliphatic carbocycles. The van der Waals surface area contributed by atoms with Gasteiger partial charge < -0.3 is 10.1 Å². The molecule has 1 aliphatic rings. The predicted molar refractivity (Wildman–Crippen MR) is 90.0 cm³/mol. The Bertz CT molecular complexity index is 743. The lowest BCUT2D eigenvalue weighted by molar-refractivity contribution is -0.110. The molecule has 1 heterocycles. The second kappa shape index (κ2) is 5.68. The first-order valence-corrected chi connectivity index (χ1v) is 7.40. The second-order valence-electron chi connectivity index (χ2n) is 5.75. The maximum Gasteiger partial charge on any atom is 0.256 e. The van der Waals surface area contributed by atoms with Crippen LogP contribution in [0.5, 0.6) is 5.75 Å². The molecule has 1 aliphatic heterocycles. The van der Waals surface area contributed by atoms with Crippen LogP contribution in [0.3, 0.4) is 0 Å². The molecule has 0 atom stereocenters. The Kier molecular flexibility index (Phi) is 3.72. The van der Waals surface area contributed by atoms with Gasteiger partial charge in [0.15, 0.2) is 0 Å². The molecule has 2 aromatic rings. The molecule has 112 valence electrons. The van der Waals surface area contributed by atoms with Crippen molar-refractivity contribution in [1.29, 1.82) is 0 Å². The van der Waals surface area contributed by atoms with Gasteiger partial charge in [0.2, 0.25) is 0 Å². The van der Waals surface area contributed by atoms with Crippen molar-refractivity contribution in [2.45, 2.75) is 19.8 Å². The topological polar surface area (TPSA) is 38.3 Å². The zero-order valence-corrected chi connectivity index (χ0v) is 13.0. The Balaban J connectivity index is 1.99. The van der Waals surface area contributed by atoms with Crippen molar-refractivity contribution in [3.63, 3.8) is 0 Å². The molecule has 1 amide bonds. The zero-order valence-electron chi connectivity index (χ0n) is 13.0. The summed E-state index contributed by atoms with van der Waals surface area (Å²) in [7, 11) is 1.62. The molecule has 22 heavy (non-hydrogen) atoms. The molecule has 0 spiro atoms. The van der Waals surface area contributed by atoms with E-state index in [0.29, 0.717) is 11.5 Å². The van der Waals surface area contributed by atoms with E-state index in [2.05, 4.69) is 31.3 Å². The van der Waals surface area contributed by atoms with E-state index in [1.165, 1.54) is 5.56 Å². The minimum Gasteiger partial charge on any atom is -0.497 e. The lowest BCUT2D eigenvalue weighted by atomic mass is 9.99. The summed E-state index contributed by atoms with van der Waals surface area (Å²) in [6.45, 7) is 4.33. The summed E-state index contributed by atoms with van der Waals surface area (Å²) in [5.41, 5.74) is 4.70. The lowest BCUT2D eigenvalue weighted by Crippen LogP contribution is -2.03. The van der Waals surface area contributed by atoms with Crippen LogP contribution in [0.15, 0.2) is 42.5 Å². The highest BCUT2D eigenvalue weighted by Crippen LogP contribution is 2.35. The molecular formula is C19H19NO2. The summed E-state index contributed by atoms with van der Waals surface area (Å²) in [6.07, 6.45) is 1.92. The van der Waals surface area contributed by atoms with E-state index in [-0.39, 0.29) is 5.91 Å². The van der Waals surface area contributed by atoms with Crippen LogP contribution in [-0.4, -0.2) is 13.0 Å². The molecule has 3 heteroatoms. The summed E-state index contributed by atoms with van der Waals surface area (Å²) in [5.74, 6) is 1.17. The Morgan fingerprint density at radius 1 is 1.09 bits per heavy atom. The van der Waals surface area contributed by atoms with Crippen molar-refractivity contribution in [3.8, 4) is 5.75 Å². The highest BCUT2D eigenvalue weighted by Gasteiger charge is 2.24. The average Bonchev–Trinajstić information content (AvgIpc) is 2.83. The summed E-state index contributed by atoms with van der Waals surface area (Å²) in [4.78, 5) is 12.2. The number of benzene rings is 2. The summed E-state index contributed by atoms with van der Waals surface area (Å²) >= 11 is 0. The number of amides is 1. The van der Waals surface area contributed by atoms with Crippen LogP contribution in [-0.2, 0) is 4.79 Å². The number of carbonyl (C=O) groups is 1. The number of anilines is 1. The number of hydrogen-bond acceptors (Lipinski definition) is 2. The molecule has 3 rings (SSSR count). The van der Waals surface area contributed by atoms with Crippen molar-refractivity contribution in [3.05, 3.63) is 59.2 Å². The molecule has 0 bridgehead atoms. The van der Waals surface area contributed by atoms with Crippen molar-refractivity contribution in [2.24, 2.45) is 0 Å².